The summed E-state index contributed by atoms with van der Waals surface area (Å²) in [7, 11) is 0. The summed E-state index contributed by atoms with van der Waals surface area (Å²) in [5, 5.41) is 3.11. The van der Waals surface area contributed by atoms with Crippen molar-refractivity contribution in [1.29, 1.82) is 0 Å². The van der Waals surface area contributed by atoms with Crippen molar-refractivity contribution < 1.29 is 4.74 Å². The molecule has 1 rings (SSSR count). The van der Waals surface area contributed by atoms with Crippen LogP contribution >= 0.6 is 24.0 Å². The van der Waals surface area contributed by atoms with Crippen molar-refractivity contribution in [2.75, 3.05) is 6.61 Å². The topological polar surface area (TPSA) is 72.5 Å². The highest BCUT2D eigenvalue weighted by molar-refractivity contribution is 14.0. The predicted octanol–water partition coefficient (Wildman–Crippen LogP) is 2.30. The number of guanidine groups is 1. The molecule has 0 fully saturated rings. The molecular formula is C13H23IN4O. The van der Waals surface area contributed by atoms with Crippen molar-refractivity contribution in [3.8, 4) is 5.88 Å². The normalized spacial score (nSPS) is 11.7. The van der Waals surface area contributed by atoms with E-state index in [-0.39, 0.29) is 29.5 Å². The first-order valence-corrected chi connectivity index (χ1v) is 6.07. The second-order valence-electron chi connectivity index (χ2n) is 4.98. The van der Waals surface area contributed by atoms with Crippen molar-refractivity contribution in [1.82, 2.24) is 10.3 Å². The van der Waals surface area contributed by atoms with Crippen LogP contribution in [-0.4, -0.2) is 23.1 Å². The first kappa shape index (κ1) is 17.9. The van der Waals surface area contributed by atoms with Crippen LogP contribution in [0.15, 0.2) is 23.3 Å². The van der Waals surface area contributed by atoms with Crippen LogP contribution in [0.3, 0.4) is 0 Å². The molecule has 1 aromatic heterocycles. The third kappa shape index (κ3) is 7.19. The lowest BCUT2D eigenvalue weighted by molar-refractivity contribution is 0.323. The quantitative estimate of drug-likeness (QED) is 0.479. The number of nitrogens with two attached hydrogens (primary N) is 1. The minimum atomic E-state index is -0.0920. The summed E-state index contributed by atoms with van der Waals surface area (Å²) in [4.78, 5) is 8.45. The SMILES string of the molecule is CCOc1ncccc1CN=C(N)NC(C)(C)C.I. The average molecular weight is 378 g/mol. The van der Waals surface area contributed by atoms with Gasteiger partial charge >= 0.3 is 0 Å². The van der Waals surface area contributed by atoms with Gasteiger partial charge in [0.15, 0.2) is 5.96 Å². The zero-order valence-corrected chi connectivity index (χ0v) is 14.3. The molecule has 0 saturated heterocycles. The molecular weight excluding hydrogens is 355 g/mol. The van der Waals surface area contributed by atoms with Crippen LogP contribution < -0.4 is 15.8 Å². The fourth-order valence-corrected chi connectivity index (χ4v) is 1.41. The maximum Gasteiger partial charge on any atom is 0.218 e. The third-order valence-corrected chi connectivity index (χ3v) is 2.05. The number of halogens is 1. The smallest absolute Gasteiger partial charge is 0.218 e. The van der Waals surface area contributed by atoms with Crippen molar-refractivity contribution in [2.24, 2.45) is 10.7 Å². The van der Waals surface area contributed by atoms with Crippen molar-refractivity contribution in [3.05, 3.63) is 23.9 Å². The monoisotopic (exact) mass is 378 g/mol. The van der Waals surface area contributed by atoms with E-state index in [1.807, 2.05) is 39.8 Å². The number of nitrogens with one attached hydrogen (secondary N) is 1. The van der Waals surface area contributed by atoms with Gasteiger partial charge in [-0.3, -0.25) is 0 Å². The number of aliphatic imine (C=N–C) groups is 1. The van der Waals surface area contributed by atoms with Gasteiger partial charge in [0.05, 0.1) is 13.2 Å². The van der Waals surface area contributed by atoms with Crippen molar-refractivity contribution in [3.63, 3.8) is 0 Å². The lowest BCUT2D eigenvalue weighted by Gasteiger charge is -2.21. The van der Waals surface area contributed by atoms with Gasteiger partial charge in [-0.2, -0.15) is 0 Å². The molecule has 0 atom stereocenters. The average Bonchev–Trinajstić information content (AvgIpc) is 2.26. The van der Waals surface area contributed by atoms with Crippen LogP contribution in [0.5, 0.6) is 5.88 Å². The van der Waals surface area contributed by atoms with Crippen LogP contribution in [0.2, 0.25) is 0 Å². The molecule has 0 unspecified atom stereocenters. The Morgan fingerprint density at radius 2 is 2.16 bits per heavy atom. The molecule has 0 aliphatic rings. The van der Waals surface area contributed by atoms with Gasteiger partial charge in [0.25, 0.3) is 0 Å². The van der Waals surface area contributed by atoms with Crippen LogP contribution in [-0.2, 0) is 6.54 Å². The fourth-order valence-electron chi connectivity index (χ4n) is 1.41. The Labute approximate surface area is 132 Å². The minimum absolute atomic E-state index is 0. The van der Waals surface area contributed by atoms with Crippen LogP contribution in [0.25, 0.3) is 0 Å². The molecule has 6 heteroatoms. The van der Waals surface area contributed by atoms with Gasteiger partial charge in [-0.15, -0.1) is 24.0 Å². The molecule has 0 bridgehead atoms. The van der Waals surface area contributed by atoms with Gasteiger partial charge in [0.1, 0.15) is 0 Å². The standard InChI is InChI=1S/C13H22N4O.HI/c1-5-18-11-10(7-6-8-15-11)9-16-12(14)17-13(2,3)4;/h6-8H,5,9H2,1-4H3,(H3,14,16,17);1H. The highest BCUT2D eigenvalue weighted by atomic mass is 127. The van der Waals surface area contributed by atoms with Crippen molar-refractivity contribution >= 4 is 29.9 Å². The van der Waals surface area contributed by atoms with E-state index >= 15 is 0 Å². The van der Waals surface area contributed by atoms with Crippen LogP contribution in [0.1, 0.15) is 33.3 Å². The number of nitrogens with zero attached hydrogens (tertiary/aromatic N) is 2. The number of hydrogen-bond acceptors (Lipinski definition) is 3. The number of ether oxygens (including phenoxy) is 1. The molecule has 0 saturated carbocycles. The number of hydrogen-bond donors (Lipinski definition) is 2. The van der Waals surface area contributed by atoms with E-state index in [4.69, 9.17) is 10.5 Å². The minimum Gasteiger partial charge on any atom is -0.478 e. The van der Waals surface area contributed by atoms with Gasteiger partial charge in [-0.1, -0.05) is 6.07 Å². The molecule has 19 heavy (non-hydrogen) atoms. The molecule has 0 aliphatic heterocycles. The van der Waals surface area contributed by atoms with E-state index in [0.29, 0.717) is 25.0 Å². The maximum atomic E-state index is 5.81. The Balaban J connectivity index is 0.00000324. The summed E-state index contributed by atoms with van der Waals surface area (Å²) >= 11 is 0. The second-order valence-corrected chi connectivity index (χ2v) is 4.98. The lowest BCUT2D eigenvalue weighted by Crippen LogP contribution is -2.44. The molecule has 1 heterocycles. The molecule has 108 valence electrons. The largest absolute Gasteiger partial charge is 0.478 e. The van der Waals surface area contributed by atoms with Crippen LogP contribution in [0.4, 0.5) is 0 Å². The summed E-state index contributed by atoms with van der Waals surface area (Å²) in [5.74, 6) is 1.04. The summed E-state index contributed by atoms with van der Waals surface area (Å²) in [5.41, 5.74) is 6.65. The summed E-state index contributed by atoms with van der Waals surface area (Å²) in [6.07, 6.45) is 1.70. The highest BCUT2D eigenvalue weighted by Crippen LogP contribution is 2.15. The second kappa shape index (κ2) is 8.19. The highest BCUT2D eigenvalue weighted by Gasteiger charge is 2.10. The molecule has 5 nitrogen and oxygen atoms in total. The van der Waals surface area contributed by atoms with Gasteiger partial charge in [0, 0.05) is 17.3 Å². The van der Waals surface area contributed by atoms with Gasteiger partial charge in [-0.05, 0) is 33.8 Å². The van der Waals surface area contributed by atoms with Gasteiger partial charge in [0.2, 0.25) is 5.88 Å². The van der Waals surface area contributed by atoms with E-state index in [1.54, 1.807) is 6.20 Å². The van der Waals surface area contributed by atoms with E-state index in [9.17, 15) is 0 Å². The molecule has 0 radical (unpaired) electrons. The molecule has 0 spiro atoms. The van der Waals surface area contributed by atoms with Gasteiger partial charge < -0.3 is 15.8 Å². The lowest BCUT2D eigenvalue weighted by atomic mass is 10.1. The maximum absolute atomic E-state index is 5.81. The van der Waals surface area contributed by atoms with Crippen LogP contribution in [0, 0.1) is 0 Å². The molecule has 0 aliphatic carbocycles. The fraction of sp³-hybridized carbons (Fsp3) is 0.538. The molecule has 3 N–H and O–H groups in total. The Bertz CT molecular complexity index is 415. The van der Waals surface area contributed by atoms with Crippen molar-refractivity contribution in [2.45, 2.75) is 39.8 Å². The van der Waals surface area contributed by atoms with E-state index < -0.39 is 0 Å². The first-order valence-electron chi connectivity index (χ1n) is 6.07. The Morgan fingerprint density at radius 3 is 2.74 bits per heavy atom. The summed E-state index contributed by atoms with van der Waals surface area (Å²) in [6.45, 7) is 9.07. The summed E-state index contributed by atoms with van der Waals surface area (Å²) in [6, 6.07) is 3.80. The Hall–Kier alpha value is -1.05. The summed E-state index contributed by atoms with van der Waals surface area (Å²) < 4.78 is 5.43. The number of rotatable bonds is 4. The number of aromatic nitrogens is 1. The van der Waals surface area contributed by atoms with E-state index in [2.05, 4.69) is 15.3 Å². The third-order valence-electron chi connectivity index (χ3n) is 2.05. The molecule has 1 aromatic rings. The Morgan fingerprint density at radius 1 is 1.47 bits per heavy atom. The van der Waals surface area contributed by atoms with Gasteiger partial charge in [-0.25, -0.2) is 9.98 Å². The Kier molecular flexibility index (Phi) is 7.73. The zero-order chi connectivity index (χ0) is 13.6. The zero-order valence-electron chi connectivity index (χ0n) is 11.9. The predicted molar refractivity (Wildman–Crippen MR) is 89.0 cm³/mol. The van der Waals surface area contributed by atoms with E-state index in [1.165, 1.54) is 0 Å². The first-order chi connectivity index (χ1) is 8.42. The molecule has 0 aromatic carbocycles. The molecule has 0 amide bonds. The number of pyridine rings is 1. The van der Waals surface area contributed by atoms with E-state index in [0.717, 1.165) is 5.56 Å².